The standard InChI is InChI=1S/C15H17NO3S/c1-10-7-8-20-14(10)15(18)16-9-12(17)11-5-3-4-6-13(11)19-2/h3-8,12,17H,9H2,1-2H3,(H,16,18)/t12-/m0/s1. The van der Waals surface area contributed by atoms with Gasteiger partial charge in [-0.05, 0) is 30.0 Å². The van der Waals surface area contributed by atoms with E-state index < -0.39 is 6.10 Å². The topological polar surface area (TPSA) is 58.6 Å². The van der Waals surface area contributed by atoms with Crippen LogP contribution < -0.4 is 10.1 Å². The second kappa shape index (κ2) is 6.54. The SMILES string of the molecule is COc1ccccc1[C@@H](O)CNC(=O)c1sccc1C. The van der Waals surface area contributed by atoms with E-state index in [1.807, 2.05) is 30.5 Å². The van der Waals surface area contributed by atoms with Crippen molar-refractivity contribution < 1.29 is 14.6 Å². The van der Waals surface area contributed by atoms with Crippen LogP contribution in [0, 0.1) is 6.92 Å². The van der Waals surface area contributed by atoms with Crippen LogP contribution in [0.15, 0.2) is 35.7 Å². The molecule has 0 unspecified atom stereocenters. The number of amides is 1. The summed E-state index contributed by atoms with van der Waals surface area (Å²) in [6.07, 6.45) is -0.796. The summed E-state index contributed by atoms with van der Waals surface area (Å²) in [5.41, 5.74) is 1.61. The predicted octanol–water partition coefficient (Wildman–Crippen LogP) is 2.53. The molecule has 106 valence electrons. The van der Waals surface area contributed by atoms with Gasteiger partial charge in [0.2, 0.25) is 0 Å². The van der Waals surface area contributed by atoms with Crippen molar-refractivity contribution in [2.24, 2.45) is 0 Å². The highest BCUT2D eigenvalue weighted by molar-refractivity contribution is 7.12. The highest BCUT2D eigenvalue weighted by Gasteiger charge is 2.15. The van der Waals surface area contributed by atoms with Gasteiger partial charge in [-0.2, -0.15) is 0 Å². The normalized spacial score (nSPS) is 11.9. The van der Waals surface area contributed by atoms with Gasteiger partial charge in [-0.1, -0.05) is 18.2 Å². The Morgan fingerprint density at radius 3 is 2.80 bits per heavy atom. The van der Waals surface area contributed by atoms with Crippen molar-refractivity contribution in [2.45, 2.75) is 13.0 Å². The number of ether oxygens (including phenoxy) is 1. The first-order valence-electron chi connectivity index (χ1n) is 6.26. The van der Waals surface area contributed by atoms with Crippen LogP contribution >= 0.6 is 11.3 Å². The number of aliphatic hydroxyl groups is 1. The molecule has 2 aromatic rings. The molecule has 1 aromatic heterocycles. The summed E-state index contributed by atoms with van der Waals surface area (Å²) in [4.78, 5) is 12.7. The van der Waals surface area contributed by atoms with Crippen molar-refractivity contribution in [3.05, 3.63) is 51.7 Å². The number of nitrogens with one attached hydrogen (secondary N) is 1. The summed E-state index contributed by atoms with van der Waals surface area (Å²) in [5, 5.41) is 14.8. The molecular formula is C15H17NO3S. The molecule has 0 aliphatic rings. The zero-order valence-corrected chi connectivity index (χ0v) is 12.2. The van der Waals surface area contributed by atoms with Crippen molar-refractivity contribution in [3.8, 4) is 5.75 Å². The number of methoxy groups -OCH3 is 1. The van der Waals surface area contributed by atoms with Gasteiger partial charge in [0.15, 0.2) is 0 Å². The van der Waals surface area contributed by atoms with E-state index in [1.54, 1.807) is 19.2 Å². The Hall–Kier alpha value is -1.85. The van der Waals surface area contributed by atoms with E-state index in [0.29, 0.717) is 16.2 Å². The first-order valence-corrected chi connectivity index (χ1v) is 7.14. The largest absolute Gasteiger partial charge is 0.496 e. The van der Waals surface area contributed by atoms with Crippen LogP contribution in [0.1, 0.15) is 26.9 Å². The molecule has 0 saturated heterocycles. The molecule has 0 aliphatic heterocycles. The molecule has 0 fully saturated rings. The van der Waals surface area contributed by atoms with Gasteiger partial charge in [-0.15, -0.1) is 11.3 Å². The second-order valence-corrected chi connectivity index (χ2v) is 5.32. The van der Waals surface area contributed by atoms with Crippen molar-refractivity contribution >= 4 is 17.2 Å². The van der Waals surface area contributed by atoms with Gasteiger partial charge in [0.25, 0.3) is 5.91 Å². The minimum atomic E-state index is -0.796. The Kier molecular flexibility index (Phi) is 4.76. The number of para-hydroxylation sites is 1. The maximum absolute atomic E-state index is 12.0. The van der Waals surface area contributed by atoms with Gasteiger partial charge < -0.3 is 15.2 Å². The highest BCUT2D eigenvalue weighted by atomic mass is 32.1. The first kappa shape index (κ1) is 14.6. The molecule has 0 spiro atoms. The number of carbonyl (C=O) groups excluding carboxylic acids is 1. The minimum absolute atomic E-state index is 0.149. The van der Waals surface area contributed by atoms with Crippen molar-refractivity contribution in [2.75, 3.05) is 13.7 Å². The van der Waals surface area contributed by atoms with Crippen LogP contribution in [0.3, 0.4) is 0 Å². The molecule has 2 rings (SSSR count). The Bertz CT molecular complexity index is 594. The average Bonchev–Trinajstić information content (AvgIpc) is 2.90. The molecule has 1 atom stereocenters. The smallest absolute Gasteiger partial charge is 0.261 e. The number of thiophene rings is 1. The third-order valence-corrected chi connectivity index (χ3v) is 4.04. The molecule has 0 radical (unpaired) electrons. The van der Waals surface area contributed by atoms with Crippen LogP contribution in [0.2, 0.25) is 0 Å². The molecule has 0 bridgehead atoms. The number of carbonyl (C=O) groups is 1. The summed E-state index contributed by atoms with van der Waals surface area (Å²) in [6, 6.07) is 9.13. The molecule has 1 amide bonds. The van der Waals surface area contributed by atoms with Crippen LogP contribution in [0.4, 0.5) is 0 Å². The van der Waals surface area contributed by atoms with E-state index in [0.717, 1.165) is 5.56 Å². The zero-order chi connectivity index (χ0) is 14.5. The molecule has 4 nitrogen and oxygen atoms in total. The van der Waals surface area contributed by atoms with Crippen molar-refractivity contribution in [1.82, 2.24) is 5.32 Å². The molecular weight excluding hydrogens is 274 g/mol. The fraction of sp³-hybridized carbons (Fsp3) is 0.267. The summed E-state index contributed by atoms with van der Waals surface area (Å²) >= 11 is 1.39. The Morgan fingerprint density at radius 2 is 2.15 bits per heavy atom. The van der Waals surface area contributed by atoms with Crippen LogP contribution in [0.5, 0.6) is 5.75 Å². The predicted molar refractivity (Wildman–Crippen MR) is 79.3 cm³/mol. The Morgan fingerprint density at radius 1 is 1.40 bits per heavy atom. The fourth-order valence-corrected chi connectivity index (χ4v) is 2.77. The van der Waals surface area contributed by atoms with E-state index in [9.17, 15) is 9.90 Å². The lowest BCUT2D eigenvalue weighted by Gasteiger charge is -2.15. The van der Waals surface area contributed by atoms with Gasteiger partial charge >= 0.3 is 0 Å². The first-order chi connectivity index (χ1) is 9.63. The molecule has 5 heteroatoms. The van der Waals surface area contributed by atoms with Gasteiger partial charge in [0.1, 0.15) is 5.75 Å². The number of rotatable bonds is 5. The summed E-state index contributed by atoms with van der Waals surface area (Å²) in [6.45, 7) is 2.04. The minimum Gasteiger partial charge on any atom is -0.496 e. The quantitative estimate of drug-likeness (QED) is 0.890. The van der Waals surface area contributed by atoms with Gasteiger partial charge in [-0.25, -0.2) is 0 Å². The Labute approximate surface area is 122 Å². The van der Waals surface area contributed by atoms with E-state index in [1.165, 1.54) is 11.3 Å². The van der Waals surface area contributed by atoms with Crippen molar-refractivity contribution in [3.63, 3.8) is 0 Å². The lowest BCUT2D eigenvalue weighted by molar-refractivity contribution is 0.0918. The Balaban J connectivity index is 2.00. The molecule has 0 saturated carbocycles. The zero-order valence-electron chi connectivity index (χ0n) is 11.4. The molecule has 1 heterocycles. The summed E-state index contributed by atoms with van der Waals surface area (Å²) < 4.78 is 5.19. The number of hydrogen-bond acceptors (Lipinski definition) is 4. The van der Waals surface area contributed by atoms with Crippen LogP contribution in [-0.2, 0) is 0 Å². The number of aryl methyl sites for hydroxylation is 1. The summed E-state index contributed by atoms with van der Waals surface area (Å²) in [7, 11) is 1.55. The monoisotopic (exact) mass is 291 g/mol. The number of hydrogen-bond donors (Lipinski definition) is 2. The lowest BCUT2D eigenvalue weighted by atomic mass is 10.1. The van der Waals surface area contributed by atoms with Crippen LogP contribution in [-0.4, -0.2) is 24.7 Å². The van der Waals surface area contributed by atoms with Gasteiger partial charge in [0, 0.05) is 12.1 Å². The lowest BCUT2D eigenvalue weighted by Crippen LogP contribution is -2.28. The van der Waals surface area contributed by atoms with Gasteiger partial charge in [0.05, 0.1) is 18.1 Å². The molecule has 1 aromatic carbocycles. The van der Waals surface area contributed by atoms with Crippen LogP contribution in [0.25, 0.3) is 0 Å². The number of benzene rings is 1. The van der Waals surface area contributed by atoms with E-state index in [2.05, 4.69) is 5.32 Å². The summed E-state index contributed by atoms with van der Waals surface area (Å²) in [5.74, 6) is 0.452. The molecule has 0 aliphatic carbocycles. The van der Waals surface area contributed by atoms with E-state index >= 15 is 0 Å². The third kappa shape index (κ3) is 3.18. The van der Waals surface area contributed by atoms with E-state index in [-0.39, 0.29) is 12.5 Å². The molecule has 2 N–H and O–H groups in total. The molecule has 20 heavy (non-hydrogen) atoms. The fourth-order valence-electron chi connectivity index (χ4n) is 1.93. The maximum Gasteiger partial charge on any atom is 0.261 e. The average molecular weight is 291 g/mol. The second-order valence-electron chi connectivity index (χ2n) is 4.40. The van der Waals surface area contributed by atoms with E-state index in [4.69, 9.17) is 4.74 Å². The van der Waals surface area contributed by atoms with Gasteiger partial charge in [-0.3, -0.25) is 4.79 Å². The highest BCUT2D eigenvalue weighted by Crippen LogP contribution is 2.24. The van der Waals surface area contributed by atoms with Crippen molar-refractivity contribution in [1.29, 1.82) is 0 Å². The maximum atomic E-state index is 12.0. The number of aliphatic hydroxyl groups excluding tert-OH is 1. The third-order valence-electron chi connectivity index (χ3n) is 3.02.